The largest absolute Gasteiger partial charge is 0.347 e. The van der Waals surface area contributed by atoms with Gasteiger partial charge in [-0.1, -0.05) is 31.0 Å². The highest BCUT2D eigenvalue weighted by molar-refractivity contribution is 6.32. The van der Waals surface area contributed by atoms with Gasteiger partial charge in [0.15, 0.2) is 0 Å². The number of rotatable bonds is 6. The zero-order chi connectivity index (χ0) is 13.8. The van der Waals surface area contributed by atoms with Crippen LogP contribution in [0.15, 0.2) is 18.3 Å². The minimum atomic E-state index is 0.726. The number of halogens is 1. The van der Waals surface area contributed by atoms with Crippen molar-refractivity contribution in [1.82, 2.24) is 4.57 Å². The standard InChI is InChI=1S/C16H23ClN2/c1-3-4-6-13-11-19(10-5-9-18)16-12(2)15(17)8-7-14(13)16/h7-8,11H,3-6,9-10,18H2,1-2H3. The van der Waals surface area contributed by atoms with Crippen molar-refractivity contribution >= 4 is 22.5 Å². The molecule has 3 heteroatoms. The van der Waals surface area contributed by atoms with E-state index >= 15 is 0 Å². The Morgan fingerprint density at radius 1 is 1.26 bits per heavy atom. The molecule has 0 aliphatic rings. The van der Waals surface area contributed by atoms with Crippen molar-refractivity contribution in [2.75, 3.05) is 6.54 Å². The van der Waals surface area contributed by atoms with Crippen molar-refractivity contribution in [2.45, 2.75) is 46.1 Å². The van der Waals surface area contributed by atoms with E-state index in [-0.39, 0.29) is 0 Å². The first-order chi connectivity index (χ1) is 9.19. The molecule has 0 saturated carbocycles. The van der Waals surface area contributed by atoms with Crippen molar-refractivity contribution < 1.29 is 0 Å². The van der Waals surface area contributed by atoms with E-state index in [0.29, 0.717) is 0 Å². The Labute approximate surface area is 120 Å². The summed E-state index contributed by atoms with van der Waals surface area (Å²) in [4.78, 5) is 0. The molecule has 0 aliphatic carbocycles. The average molecular weight is 279 g/mol. The molecule has 2 aromatic rings. The molecule has 0 radical (unpaired) electrons. The van der Waals surface area contributed by atoms with Crippen LogP contribution in [0.2, 0.25) is 5.02 Å². The van der Waals surface area contributed by atoms with Crippen molar-refractivity contribution in [3.8, 4) is 0 Å². The van der Waals surface area contributed by atoms with E-state index in [4.69, 9.17) is 17.3 Å². The van der Waals surface area contributed by atoms with E-state index in [9.17, 15) is 0 Å². The normalized spacial score (nSPS) is 11.4. The average Bonchev–Trinajstić information content (AvgIpc) is 2.77. The van der Waals surface area contributed by atoms with Gasteiger partial charge >= 0.3 is 0 Å². The van der Waals surface area contributed by atoms with Gasteiger partial charge < -0.3 is 10.3 Å². The lowest BCUT2D eigenvalue weighted by Crippen LogP contribution is -2.05. The first-order valence-corrected chi connectivity index (χ1v) is 7.53. The van der Waals surface area contributed by atoms with Crippen LogP contribution in [0.3, 0.4) is 0 Å². The molecule has 1 heterocycles. The summed E-state index contributed by atoms with van der Waals surface area (Å²) >= 11 is 6.27. The zero-order valence-electron chi connectivity index (χ0n) is 11.9. The predicted octanol–water partition coefficient (Wildman–Crippen LogP) is 4.29. The molecule has 0 atom stereocenters. The third-order valence-electron chi connectivity index (χ3n) is 3.71. The van der Waals surface area contributed by atoms with Gasteiger partial charge in [0.2, 0.25) is 0 Å². The summed E-state index contributed by atoms with van der Waals surface area (Å²) in [7, 11) is 0. The van der Waals surface area contributed by atoms with Crippen LogP contribution in [0.4, 0.5) is 0 Å². The molecule has 1 aromatic carbocycles. The fourth-order valence-electron chi connectivity index (χ4n) is 2.63. The second-order valence-corrected chi connectivity index (χ2v) is 5.57. The lowest BCUT2D eigenvalue weighted by Gasteiger charge is -2.07. The summed E-state index contributed by atoms with van der Waals surface area (Å²) in [5.41, 5.74) is 9.54. The molecule has 2 nitrogen and oxygen atoms in total. The number of nitrogens with zero attached hydrogens (tertiary/aromatic N) is 1. The molecule has 2 rings (SSSR count). The van der Waals surface area contributed by atoms with E-state index in [2.05, 4.69) is 30.7 Å². The van der Waals surface area contributed by atoms with Gasteiger partial charge in [0.05, 0.1) is 5.52 Å². The van der Waals surface area contributed by atoms with Crippen LogP contribution in [0, 0.1) is 6.92 Å². The third kappa shape index (κ3) is 2.96. The number of fused-ring (bicyclic) bond motifs is 1. The molecule has 0 fully saturated rings. The van der Waals surface area contributed by atoms with Crippen LogP contribution in [0.25, 0.3) is 10.9 Å². The topological polar surface area (TPSA) is 30.9 Å². The number of aryl methyl sites for hydroxylation is 3. The maximum atomic E-state index is 6.27. The van der Waals surface area contributed by atoms with Crippen molar-refractivity contribution in [3.05, 3.63) is 34.5 Å². The summed E-state index contributed by atoms with van der Waals surface area (Å²) in [6, 6.07) is 4.18. The number of benzene rings is 1. The summed E-state index contributed by atoms with van der Waals surface area (Å²) in [5, 5.41) is 2.20. The molecule has 19 heavy (non-hydrogen) atoms. The van der Waals surface area contributed by atoms with Gasteiger partial charge in [-0.05, 0) is 49.9 Å². The number of nitrogens with two attached hydrogens (primary N) is 1. The second-order valence-electron chi connectivity index (χ2n) is 5.16. The van der Waals surface area contributed by atoms with E-state index in [1.54, 1.807) is 0 Å². The Kier molecular flexibility index (Phi) is 4.89. The smallest absolute Gasteiger partial charge is 0.0527 e. The van der Waals surface area contributed by atoms with Gasteiger partial charge in [-0.2, -0.15) is 0 Å². The molecular formula is C16H23ClN2. The van der Waals surface area contributed by atoms with Crippen LogP contribution in [-0.2, 0) is 13.0 Å². The molecule has 1 aromatic heterocycles. The zero-order valence-corrected chi connectivity index (χ0v) is 12.6. The molecule has 0 amide bonds. The monoisotopic (exact) mass is 278 g/mol. The van der Waals surface area contributed by atoms with Crippen LogP contribution in [-0.4, -0.2) is 11.1 Å². The van der Waals surface area contributed by atoms with E-state index in [1.165, 1.54) is 34.9 Å². The molecule has 2 N–H and O–H groups in total. The highest BCUT2D eigenvalue weighted by atomic mass is 35.5. The summed E-state index contributed by atoms with van der Waals surface area (Å²) < 4.78 is 2.33. The van der Waals surface area contributed by atoms with Gasteiger partial charge in [-0.25, -0.2) is 0 Å². The Balaban J connectivity index is 2.49. The molecule has 0 bridgehead atoms. The molecule has 0 unspecified atom stereocenters. The second kappa shape index (κ2) is 6.44. The SMILES string of the molecule is CCCCc1cn(CCCN)c2c(C)c(Cl)ccc12. The lowest BCUT2D eigenvalue weighted by atomic mass is 10.1. The number of unbranched alkanes of at least 4 members (excludes halogenated alkanes) is 1. The van der Waals surface area contributed by atoms with Gasteiger partial charge in [-0.3, -0.25) is 0 Å². The van der Waals surface area contributed by atoms with E-state index in [0.717, 1.165) is 31.0 Å². The van der Waals surface area contributed by atoms with Crippen LogP contribution in [0.5, 0.6) is 0 Å². The number of hydrogen-bond acceptors (Lipinski definition) is 1. The third-order valence-corrected chi connectivity index (χ3v) is 4.12. The minimum absolute atomic E-state index is 0.726. The summed E-state index contributed by atoms with van der Waals surface area (Å²) in [6.45, 7) is 6.03. The molecule has 104 valence electrons. The van der Waals surface area contributed by atoms with Gasteiger partial charge in [-0.15, -0.1) is 0 Å². The molecular weight excluding hydrogens is 256 g/mol. The van der Waals surface area contributed by atoms with Gasteiger partial charge in [0.25, 0.3) is 0 Å². The lowest BCUT2D eigenvalue weighted by molar-refractivity contribution is 0.666. The number of hydrogen-bond donors (Lipinski definition) is 1. The molecule has 0 spiro atoms. The molecule has 0 saturated heterocycles. The van der Waals surface area contributed by atoms with Gasteiger partial charge in [0, 0.05) is 23.2 Å². The Morgan fingerprint density at radius 2 is 2.05 bits per heavy atom. The highest BCUT2D eigenvalue weighted by Gasteiger charge is 2.12. The van der Waals surface area contributed by atoms with Crippen LogP contribution in [0.1, 0.15) is 37.3 Å². The Morgan fingerprint density at radius 3 is 2.74 bits per heavy atom. The minimum Gasteiger partial charge on any atom is -0.347 e. The van der Waals surface area contributed by atoms with E-state index in [1.807, 2.05) is 6.07 Å². The van der Waals surface area contributed by atoms with Crippen molar-refractivity contribution in [1.29, 1.82) is 0 Å². The fourth-order valence-corrected chi connectivity index (χ4v) is 2.78. The van der Waals surface area contributed by atoms with Crippen LogP contribution >= 0.6 is 11.6 Å². The first-order valence-electron chi connectivity index (χ1n) is 7.16. The van der Waals surface area contributed by atoms with Crippen molar-refractivity contribution in [3.63, 3.8) is 0 Å². The summed E-state index contributed by atoms with van der Waals surface area (Å²) in [6.07, 6.45) is 6.89. The Bertz CT molecular complexity index is 557. The van der Waals surface area contributed by atoms with Crippen molar-refractivity contribution in [2.24, 2.45) is 5.73 Å². The Hall–Kier alpha value is -0.990. The quantitative estimate of drug-likeness (QED) is 0.839. The maximum Gasteiger partial charge on any atom is 0.0527 e. The summed E-state index contributed by atoms with van der Waals surface area (Å²) in [5.74, 6) is 0. The number of aromatic nitrogens is 1. The highest BCUT2D eigenvalue weighted by Crippen LogP contribution is 2.30. The fraction of sp³-hybridized carbons (Fsp3) is 0.500. The van der Waals surface area contributed by atoms with Crippen LogP contribution < -0.4 is 5.73 Å². The maximum absolute atomic E-state index is 6.27. The predicted molar refractivity (Wildman–Crippen MR) is 84.0 cm³/mol. The van der Waals surface area contributed by atoms with Gasteiger partial charge in [0.1, 0.15) is 0 Å². The van der Waals surface area contributed by atoms with E-state index < -0.39 is 0 Å². The molecule has 0 aliphatic heterocycles. The first kappa shape index (κ1) is 14.4.